The molecule has 1 aliphatic heterocycles. The highest BCUT2D eigenvalue weighted by molar-refractivity contribution is 9.10. The minimum atomic E-state index is -0.193. The molecular weight excluding hydrogens is 331 g/mol. The minimum absolute atomic E-state index is 0.0740. The van der Waals surface area contributed by atoms with Gasteiger partial charge in [-0.15, -0.1) is 0 Å². The number of fused-ring (bicyclic) bond motifs is 1. The average molecular weight is 349 g/mol. The summed E-state index contributed by atoms with van der Waals surface area (Å²) in [5.41, 5.74) is 10.5. The van der Waals surface area contributed by atoms with Crippen molar-refractivity contribution in [2.75, 3.05) is 18.0 Å². The lowest BCUT2D eigenvalue weighted by Gasteiger charge is -2.30. The number of anilines is 1. The molecule has 21 heavy (non-hydrogen) atoms. The monoisotopic (exact) mass is 348 g/mol. The first kappa shape index (κ1) is 14.5. The molecule has 0 saturated heterocycles. The van der Waals surface area contributed by atoms with Crippen LogP contribution in [0.1, 0.15) is 22.7 Å². The van der Waals surface area contributed by atoms with Crippen molar-refractivity contribution in [2.45, 2.75) is 19.4 Å². The summed E-state index contributed by atoms with van der Waals surface area (Å²) in [6, 6.07) is 11.4. The molecule has 0 amide bonds. The lowest BCUT2D eigenvalue weighted by Crippen LogP contribution is -2.32. The lowest BCUT2D eigenvalue weighted by atomic mass is 10.0. The summed E-state index contributed by atoms with van der Waals surface area (Å²) >= 11 is 3.58. The Labute approximate surface area is 132 Å². The molecule has 1 unspecified atom stereocenters. The van der Waals surface area contributed by atoms with E-state index >= 15 is 0 Å². The van der Waals surface area contributed by atoms with E-state index in [0.717, 1.165) is 28.7 Å². The minimum Gasteiger partial charge on any atom is -0.363 e. The lowest BCUT2D eigenvalue weighted by molar-refractivity contribution is 0.621. The molecule has 2 nitrogen and oxygen atoms in total. The zero-order valence-electron chi connectivity index (χ0n) is 11.9. The molecule has 2 aromatic carbocycles. The van der Waals surface area contributed by atoms with Gasteiger partial charge in [-0.2, -0.15) is 0 Å². The van der Waals surface area contributed by atoms with Crippen LogP contribution in [0.2, 0.25) is 0 Å². The molecule has 0 fully saturated rings. The second-order valence-electron chi connectivity index (χ2n) is 5.48. The van der Waals surface area contributed by atoms with Gasteiger partial charge in [0.05, 0.1) is 6.04 Å². The Bertz CT molecular complexity index is 672. The van der Waals surface area contributed by atoms with E-state index in [9.17, 15) is 4.39 Å². The molecule has 4 heteroatoms. The van der Waals surface area contributed by atoms with Crippen LogP contribution in [-0.2, 0) is 6.42 Å². The number of hydrogen-bond donors (Lipinski definition) is 1. The molecule has 1 atom stereocenters. The van der Waals surface area contributed by atoms with Crippen LogP contribution in [0.5, 0.6) is 0 Å². The maximum atomic E-state index is 13.6. The van der Waals surface area contributed by atoms with E-state index < -0.39 is 0 Å². The first-order valence-electron chi connectivity index (χ1n) is 7.11. The number of aryl methyl sites for hydroxylation is 1. The molecular formula is C17H18BrFN2. The zero-order valence-corrected chi connectivity index (χ0v) is 13.5. The van der Waals surface area contributed by atoms with Crippen LogP contribution in [0.3, 0.4) is 0 Å². The summed E-state index contributed by atoms with van der Waals surface area (Å²) in [4.78, 5) is 2.22. The molecule has 1 aliphatic rings. The fraction of sp³-hybridized carbons (Fsp3) is 0.294. The van der Waals surface area contributed by atoms with E-state index in [4.69, 9.17) is 5.73 Å². The molecule has 110 valence electrons. The average Bonchev–Trinajstić information content (AvgIpc) is 2.87. The Morgan fingerprint density at radius 2 is 2.10 bits per heavy atom. The van der Waals surface area contributed by atoms with E-state index in [2.05, 4.69) is 46.0 Å². The molecule has 0 spiro atoms. The number of nitrogens with two attached hydrogens (primary N) is 1. The van der Waals surface area contributed by atoms with Crippen LogP contribution in [0.4, 0.5) is 10.1 Å². The van der Waals surface area contributed by atoms with Crippen molar-refractivity contribution in [3.05, 3.63) is 63.4 Å². The van der Waals surface area contributed by atoms with Gasteiger partial charge in [0.15, 0.2) is 0 Å². The van der Waals surface area contributed by atoms with Gasteiger partial charge >= 0.3 is 0 Å². The quantitative estimate of drug-likeness (QED) is 0.909. The Balaban J connectivity index is 1.98. The molecule has 0 aliphatic carbocycles. The van der Waals surface area contributed by atoms with E-state index in [0.29, 0.717) is 6.54 Å². The van der Waals surface area contributed by atoms with Gasteiger partial charge in [0.25, 0.3) is 0 Å². The molecule has 2 N–H and O–H groups in total. The van der Waals surface area contributed by atoms with Crippen LogP contribution in [0.15, 0.2) is 40.9 Å². The predicted octanol–water partition coefficient (Wildman–Crippen LogP) is 3.96. The zero-order chi connectivity index (χ0) is 15.0. The van der Waals surface area contributed by atoms with Crippen molar-refractivity contribution in [1.29, 1.82) is 0 Å². The van der Waals surface area contributed by atoms with Gasteiger partial charge in [-0.3, -0.25) is 0 Å². The van der Waals surface area contributed by atoms with Crippen LogP contribution in [-0.4, -0.2) is 13.1 Å². The number of halogens is 2. The molecule has 2 aromatic rings. The van der Waals surface area contributed by atoms with Crippen molar-refractivity contribution in [3.63, 3.8) is 0 Å². The van der Waals surface area contributed by atoms with Gasteiger partial charge in [-0.25, -0.2) is 4.39 Å². The number of nitrogens with zero attached hydrogens (tertiary/aromatic N) is 1. The van der Waals surface area contributed by atoms with Crippen molar-refractivity contribution < 1.29 is 4.39 Å². The summed E-state index contributed by atoms with van der Waals surface area (Å²) in [7, 11) is 0. The van der Waals surface area contributed by atoms with Gasteiger partial charge in [0.1, 0.15) is 5.82 Å². The smallest absolute Gasteiger partial charge is 0.125 e. The highest BCUT2D eigenvalue weighted by atomic mass is 79.9. The number of hydrogen-bond acceptors (Lipinski definition) is 2. The Kier molecular flexibility index (Phi) is 4.00. The Morgan fingerprint density at radius 1 is 1.29 bits per heavy atom. The fourth-order valence-electron chi connectivity index (χ4n) is 2.96. The standard InChI is InChI=1S/C17H18BrFN2/c1-11-2-3-13(8-15(11)18)17(10-20)21-7-6-12-4-5-14(19)9-16(12)21/h2-5,8-9,17H,6-7,10,20H2,1H3. The highest BCUT2D eigenvalue weighted by Gasteiger charge is 2.27. The largest absolute Gasteiger partial charge is 0.363 e. The second-order valence-corrected chi connectivity index (χ2v) is 6.33. The topological polar surface area (TPSA) is 29.3 Å². The van der Waals surface area contributed by atoms with Gasteiger partial charge in [-0.05, 0) is 48.2 Å². The summed E-state index contributed by atoms with van der Waals surface area (Å²) in [5, 5.41) is 0. The molecule has 0 aromatic heterocycles. The van der Waals surface area contributed by atoms with E-state index in [1.807, 2.05) is 6.07 Å². The molecule has 0 radical (unpaired) electrons. The molecule has 3 rings (SSSR count). The van der Waals surface area contributed by atoms with Crippen LogP contribution in [0.25, 0.3) is 0 Å². The van der Waals surface area contributed by atoms with Crippen LogP contribution < -0.4 is 10.6 Å². The van der Waals surface area contributed by atoms with Gasteiger partial charge in [0, 0.05) is 23.2 Å². The summed E-state index contributed by atoms with van der Waals surface area (Å²) in [6.07, 6.45) is 0.944. The van der Waals surface area contributed by atoms with Crippen molar-refractivity contribution in [1.82, 2.24) is 0 Å². The maximum Gasteiger partial charge on any atom is 0.125 e. The fourth-order valence-corrected chi connectivity index (χ4v) is 3.36. The third-order valence-electron chi connectivity index (χ3n) is 4.16. The van der Waals surface area contributed by atoms with Gasteiger partial charge in [-0.1, -0.05) is 34.1 Å². The normalized spacial score (nSPS) is 15.1. The van der Waals surface area contributed by atoms with Crippen LogP contribution >= 0.6 is 15.9 Å². The summed E-state index contributed by atoms with van der Waals surface area (Å²) < 4.78 is 14.6. The van der Waals surface area contributed by atoms with Crippen molar-refractivity contribution in [2.24, 2.45) is 5.73 Å². The third-order valence-corrected chi connectivity index (χ3v) is 5.01. The van der Waals surface area contributed by atoms with Gasteiger partial charge < -0.3 is 10.6 Å². The first-order chi connectivity index (χ1) is 10.1. The second kappa shape index (κ2) is 5.78. The molecule has 0 saturated carbocycles. The highest BCUT2D eigenvalue weighted by Crippen LogP contribution is 2.36. The third kappa shape index (κ3) is 2.70. The van der Waals surface area contributed by atoms with Gasteiger partial charge in [0.2, 0.25) is 0 Å². The first-order valence-corrected chi connectivity index (χ1v) is 7.90. The van der Waals surface area contributed by atoms with E-state index in [1.165, 1.54) is 17.2 Å². The molecule has 1 heterocycles. The number of benzene rings is 2. The molecule has 0 bridgehead atoms. The summed E-state index contributed by atoms with van der Waals surface area (Å²) in [5.74, 6) is -0.193. The Morgan fingerprint density at radius 3 is 2.81 bits per heavy atom. The maximum absolute atomic E-state index is 13.6. The SMILES string of the molecule is Cc1ccc(C(CN)N2CCc3ccc(F)cc32)cc1Br. The van der Waals surface area contributed by atoms with Crippen LogP contribution in [0, 0.1) is 12.7 Å². The summed E-state index contributed by atoms with van der Waals surface area (Å²) in [6.45, 7) is 3.45. The number of rotatable bonds is 3. The van der Waals surface area contributed by atoms with Crippen molar-refractivity contribution >= 4 is 21.6 Å². The van der Waals surface area contributed by atoms with Crippen molar-refractivity contribution in [3.8, 4) is 0 Å². The van der Waals surface area contributed by atoms with E-state index in [-0.39, 0.29) is 11.9 Å². The van der Waals surface area contributed by atoms with E-state index in [1.54, 1.807) is 6.07 Å². The Hall–Kier alpha value is -1.39. The predicted molar refractivity (Wildman–Crippen MR) is 88.1 cm³/mol.